The summed E-state index contributed by atoms with van der Waals surface area (Å²) in [6, 6.07) is 8.03. The summed E-state index contributed by atoms with van der Waals surface area (Å²) in [5.74, 6) is 1.79. The highest BCUT2D eigenvalue weighted by molar-refractivity contribution is 5.61. The number of ether oxygens (including phenoxy) is 1. The van der Waals surface area contributed by atoms with Crippen molar-refractivity contribution in [3.63, 3.8) is 0 Å². The highest BCUT2D eigenvalue weighted by atomic mass is 16.5. The lowest BCUT2D eigenvalue weighted by Gasteiger charge is -2.15. The molecule has 0 spiro atoms. The minimum Gasteiger partial charge on any atom is -0.491 e. The van der Waals surface area contributed by atoms with E-state index in [9.17, 15) is 0 Å². The Labute approximate surface area is 133 Å². The number of hydrogen-bond acceptors (Lipinski definition) is 4. The fourth-order valence-corrected chi connectivity index (χ4v) is 2.33. The van der Waals surface area contributed by atoms with Crippen LogP contribution in [0.2, 0.25) is 0 Å². The highest BCUT2D eigenvalue weighted by Gasteiger charge is 2.13. The molecule has 1 aromatic heterocycles. The Balaban J connectivity index is 2.08. The van der Waals surface area contributed by atoms with Gasteiger partial charge in [0.1, 0.15) is 17.2 Å². The van der Waals surface area contributed by atoms with Crippen LogP contribution in [0.3, 0.4) is 0 Å². The molecule has 0 amide bonds. The van der Waals surface area contributed by atoms with E-state index in [2.05, 4.69) is 23.9 Å². The second-order valence-corrected chi connectivity index (χ2v) is 5.91. The normalized spacial score (nSPS) is 11.4. The zero-order chi connectivity index (χ0) is 15.9. The fourth-order valence-electron chi connectivity index (χ4n) is 2.33. The molecule has 0 aliphatic rings. The van der Waals surface area contributed by atoms with E-state index in [0.29, 0.717) is 0 Å². The molecule has 4 heteroatoms. The minimum atomic E-state index is 0.181. The predicted octanol–water partition coefficient (Wildman–Crippen LogP) is 4.36. The van der Waals surface area contributed by atoms with Crippen molar-refractivity contribution in [2.75, 3.05) is 13.6 Å². The third-order valence-corrected chi connectivity index (χ3v) is 3.45. The van der Waals surface area contributed by atoms with Gasteiger partial charge in [-0.05, 0) is 58.1 Å². The predicted molar refractivity (Wildman–Crippen MR) is 88.9 cm³/mol. The average molecular weight is 302 g/mol. The van der Waals surface area contributed by atoms with Gasteiger partial charge in [-0.25, -0.2) is 4.98 Å². The second kappa shape index (κ2) is 7.99. The van der Waals surface area contributed by atoms with E-state index >= 15 is 0 Å². The SMILES string of the molecule is CCCCN(C)Cc1ocnc1-c1ccc(OC(C)C)cc1. The monoisotopic (exact) mass is 302 g/mol. The van der Waals surface area contributed by atoms with Gasteiger partial charge in [-0.1, -0.05) is 13.3 Å². The highest BCUT2D eigenvalue weighted by Crippen LogP contribution is 2.25. The first-order valence-corrected chi connectivity index (χ1v) is 7.98. The Morgan fingerprint density at radius 1 is 1.23 bits per heavy atom. The van der Waals surface area contributed by atoms with Crippen LogP contribution in [0.4, 0.5) is 0 Å². The molecular weight excluding hydrogens is 276 g/mol. The van der Waals surface area contributed by atoms with Crippen LogP contribution < -0.4 is 4.74 Å². The summed E-state index contributed by atoms with van der Waals surface area (Å²) in [5, 5.41) is 0. The summed E-state index contributed by atoms with van der Waals surface area (Å²) in [5.41, 5.74) is 1.98. The smallest absolute Gasteiger partial charge is 0.181 e. The van der Waals surface area contributed by atoms with Crippen molar-refractivity contribution in [3.8, 4) is 17.0 Å². The van der Waals surface area contributed by atoms with Crippen LogP contribution in [-0.4, -0.2) is 29.6 Å². The first-order valence-electron chi connectivity index (χ1n) is 7.98. The van der Waals surface area contributed by atoms with Crippen molar-refractivity contribution >= 4 is 0 Å². The quantitative estimate of drug-likeness (QED) is 0.726. The van der Waals surface area contributed by atoms with Gasteiger partial charge >= 0.3 is 0 Å². The van der Waals surface area contributed by atoms with E-state index < -0.39 is 0 Å². The largest absolute Gasteiger partial charge is 0.491 e. The van der Waals surface area contributed by atoms with Gasteiger partial charge in [-0.15, -0.1) is 0 Å². The maximum Gasteiger partial charge on any atom is 0.181 e. The van der Waals surface area contributed by atoms with Crippen LogP contribution in [0.1, 0.15) is 39.4 Å². The number of oxazole rings is 1. The summed E-state index contributed by atoms with van der Waals surface area (Å²) in [7, 11) is 2.11. The summed E-state index contributed by atoms with van der Waals surface area (Å²) in [6.45, 7) is 8.09. The lowest BCUT2D eigenvalue weighted by Crippen LogP contribution is -2.19. The van der Waals surface area contributed by atoms with Gasteiger partial charge < -0.3 is 9.15 Å². The number of hydrogen-bond donors (Lipinski definition) is 0. The Morgan fingerprint density at radius 3 is 2.59 bits per heavy atom. The zero-order valence-electron chi connectivity index (χ0n) is 14.0. The lowest BCUT2D eigenvalue weighted by molar-refractivity contribution is 0.242. The molecule has 0 saturated heterocycles. The molecule has 4 nitrogen and oxygen atoms in total. The Hall–Kier alpha value is -1.81. The van der Waals surface area contributed by atoms with E-state index in [0.717, 1.165) is 35.9 Å². The molecule has 0 unspecified atom stereocenters. The summed E-state index contributed by atoms with van der Waals surface area (Å²) in [6.07, 6.45) is 4.10. The van der Waals surface area contributed by atoms with Crippen molar-refractivity contribution < 1.29 is 9.15 Å². The third kappa shape index (κ3) is 4.60. The number of nitrogens with zero attached hydrogens (tertiary/aromatic N) is 2. The van der Waals surface area contributed by atoms with Crippen molar-refractivity contribution in [2.45, 2.75) is 46.3 Å². The number of unbranched alkanes of at least 4 members (excludes halogenated alkanes) is 1. The maximum absolute atomic E-state index is 5.67. The maximum atomic E-state index is 5.67. The summed E-state index contributed by atoms with van der Waals surface area (Å²) >= 11 is 0. The molecule has 22 heavy (non-hydrogen) atoms. The molecule has 0 aliphatic carbocycles. The molecule has 1 aromatic carbocycles. The van der Waals surface area contributed by atoms with Crippen LogP contribution in [0, 0.1) is 0 Å². The van der Waals surface area contributed by atoms with Gasteiger partial charge in [0.05, 0.1) is 12.6 Å². The first kappa shape index (κ1) is 16.6. The van der Waals surface area contributed by atoms with E-state index in [-0.39, 0.29) is 6.10 Å². The molecule has 0 fully saturated rings. The van der Waals surface area contributed by atoms with Crippen LogP contribution in [0.15, 0.2) is 35.1 Å². The zero-order valence-corrected chi connectivity index (χ0v) is 14.0. The topological polar surface area (TPSA) is 38.5 Å². The molecule has 120 valence electrons. The fraction of sp³-hybridized carbons (Fsp3) is 0.500. The van der Waals surface area contributed by atoms with E-state index in [1.807, 2.05) is 38.1 Å². The molecule has 0 bridgehead atoms. The van der Waals surface area contributed by atoms with E-state index in [1.165, 1.54) is 19.2 Å². The lowest BCUT2D eigenvalue weighted by atomic mass is 10.1. The van der Waals surface area contributed by atoms with E-state index in [1.54, 1.807) is 0 Å². The van der Waals surface area contributed by atoms with Gasteiger partial charge in [-0.3, -0.25) is 4.90 Å². The molecule has 2 rings (SSSR count). The first-order chi connectivity index (χ1) is 10.6. The van der Waals surface area contributed by atoms with Crippen LogP contribution in [0.25, 0.3) is 11.3 Å². The van der Waals surface area contributed by atoms with Crippen molar-refractivity contribution in [2.24, 2.45) is 0 Å². The van der Waals surface area contributed by atoms with Gasteiger partial charge in [0.25, 0.3) is 0 Å². The van der Waals surface area contributed by atoms with Gasteiger partial charge in [-0.2, -0.15) is 0 Å². The second-order valence-electron chi connectivity index (χ2n) is 5.91. The Bertz CT molecular complexity index is 561. The Morgan fingerprint density at radius 2 is 1.95 bits per heavy atom. The van der Waals surface area contributed by atoms with Crippen LogP contribution in [0.5, 0.6) is 5.75 Å². The molecule has 2 aromatic rings. The molecule has 1 heterocycles. The number of benzene rings is 1. The van der Waals surface area contributed by atoms with Crippen molar-refractivity contribution in [1.82, 2.24) is 9.88 Å². The van der Waals surface area contributed by atoms with Gasteiger partial charge in [0.15, 0.2) is 6.39 Å². The Kier molecular flexibility index (Phi) is 6.01. The third-order valence-electron chi connectivity index (χ3n) is 3.45. The molecular formula is C18H26N2O2. The number of aromatic nitrogens is 1. The van der Waals surface area contributed by atoms with Gasteiger partial charge in [0.2, 0.25) is 0 Å². The van der Waals surface area contributed by atoms with Crippen LogP contribution >= 0.6 is 0 Å². The van der Waals surface area contributed by atoms with Crippen molar-refractivity contribution in [3.05, 3.63) is 36.4 Å². The summed E-state index contributed by atoms with van der Waals surface area (Å²) < 4.78 is 11.3. The van der Waals surface area contributed by atoms with Gasteiger partial charge in [0, 0.05) is 5.56 Å². The van der Waals surface area contributed by atoms with E-state index in [4.69, 9.17) is 9.15 Å². The molecule has 0 N–H and O–H groups in total. The number of rotatable bonds is 8. The molecule has 0 atom stereocenters. The minimum absolute atomic E-state index is 0.181. The molecule has 0 aliphatic heterocycles. The molecule has 0 saturated carbocycles. The average Bonchev–Trinajstić information content (AvgIpc) is 2.93. The standard InChI is InChI=1S/C18H26N2O2/c1-5-6-11-20(4)12-17-18(19-13-21-17)15-7-9-16(10-8-15)22-14(2)3/h7-10,13-14H,5-6,11-12H2,1-4H3. The summed E-state index contributed by atoms with van der Waals surface area (Å²) in [4.78, 5) is 6.64. The van der Waals surface area contributed by atoms with Crippen molar-refractivity contribution in [1.29, 1.82) is 0 Å². The molecule has 0 radical (unpaired) electrons. The van der Waals surface area contributed by atoms with Crippen LogP contribution in [-0.2, 0) is 6.54 Å².